The molecule has 0 aromatic heterocycles. The summed E-state index contributed by atoms with van der Waals surface area (Å²) >= 11 is 0. The third-order valence-corrected chi connectivity index (χ3v) is 6.42. The van der Waals surface area contributed by atoms with Crippen molar-refractivity contribution in [3.05, 3.63) is 24.3 Å². The van der Waals surface area contributed by atoms with Gasteiger partial charge in [-0.05, 0) is 24.3 Å². The molecule has 2 saturated heterocycles. The average Bonchev–Trinajstić information content (AvgIpc) is 3.03. The number of likely N-dealkylation sites (N-methyl/N-ethyl adjacent to an activating group) is 1. The van der Waals surface area contributed by atoms with Crippen LogP contribution in [0, 0.1) is 0 Å². The molecule has 3 rings (SSSR count). The van der Waals surface area contributed by atoms with Crippen molar-refractivity contribution in [3.63, 3.8) is 0 Å². The summed E-state index contributed by atoms with van der Waals surface area (Å²) in [5.74, 6) is -1.64. The van der Waals surface area contributed by atoms with Crippen LogP contribution < -0.4 is 4.90 Å². The molecule has 9 heteroatoms. The maximum Gasteiger partial charge on any atom is 0.318 e. The topological polar surface area (TPSA) is 96.4 Å². The summed E-state index contributed by atoms with van der Waals surface area (Å²) in [5, 5.41) is 8.76. The maximum absolute atomic E-state index is 12.3. The zero-order valence-corrected chi connectivity index (χ0v) is 14.9. The van der Waals surface area contributed by atoms with Crippen LogP contribution in [0.15, 0.2) is 29.2 Å². The summed E-state index contributed by atoms with van der Waals surface area (Å²) in [5.41, 5.74) is 0.924. The summed E-state index contributed by atoms with van der Waals surface area (Å²) < 4.78 is 36.9. The summed E-state index contributed by atoms with van der Waals surface area (Å²) in [6.45, 7) is 2.24. The first-order valence-electron chi connectivity index (χ1n) is 8.13. The van der Waals surface area contributed by atoms with Crippen molar-refractivity contribution >= 4 is 21.7 Å². The number of rotatable bonds is 5. The van der Waals surface area contributed by atoms with Gasteiger partial charge in [0, 0.05) is 38.7 Å². The molecule has 0 bridgehead atoms. The molecule has 8 nitrogen and oxygen atoms in total. The molecular weight excluding hydrogens is 348 g/mol. The second-order valence-electron chi connectivity index (χ2n) is 6.24. The number of carboxylic acids is 1. The van der Waals surface area contributed by atoms with E-state index in [4.69, 9.17) is 14.6 Å². The van der Waals surface area contributed by atoms with Crippen molar-refractivity contribution in [2.45, 2.75) is 23.5 Å². The molecule has 1 aromatic carbocycles. The number of carbonyl (C=O) groups is 1. The standard InChI is InChI=1S/C16H22N2O6S/c1-17(12-15(19)20)25(21,22)14-4-2-13(3-5-14)18-8-6-16(7-9-18)23-10-11-24-16/h2-5H,6-12H2,1H3,(H,19,20). The van der Waals surface area contributed by atoms with Gasteiger partial charge in [-0.2, -0.15) is 4.31 Å². The van der Waals surface area contributed by atoms with Gasteiger partial charge in [0.25, 0.3) is 0 Å². The SMILES string of the molecule is CN(CC(=O)O)S(=O)(=O)c1ccc(N2CCC3(CC2)OCCO3)cc1. The molecule has 1 N–H and O–H groups in total. The lowest BCUT2D eigenvalue weighted by atomic mass is 10.0. The number of hydrogen-bond donors (Lipinski definition) is 1. The van der Waals surface area contributed by atoms with Crippen molar-refractivity contribution in [3.8, 4) is 0 Å². The molecule has 0 atom stereocenters. The molecule has 2 aliphatic rings. The fraction of sp³-hybridized carbons (Fsp3) is 0.562. The van der Waals surface area contributed by atoms with E-state index in [0.717, 1.165) is 35.9 Å². The molecule has 0 unspecified atom stereocenters. The highest BCUT2D eigenvalue weighted by Crippen LogP contribution is 2.33. The highest BCUT2D eigenvalue weighted by atomic mass is 32.2. The minimum absolute atomic E-state index is 0.0796. The van der Waals surface area contributed by atoms with Gasteiger partial charge in [-0.25, -0.2) is 8.42 Å². The minimum Gasteiger partial charge on any atom is -0.480 e. The Labute approximate surface area is 147 Å². The van der Waals surface area contributed by atoms with Gasteiger partial charge in [0.05, 0.1) is 18.1 Å². The van der Waals surface area contributed by atoms with Gasteiger partial charge in [-0.1, -0.05) is 0 Å². The number of ether oxygens (including phenoxy) is 2. The summed E-state index contributed by atoms with van der Waals surface area (Å²) in [7, 11) is -2.55. The van der Waals surface area contributed by atoms with Crippen LogP contribution in [-0.2, 0) is 24.3 Å². The molecule has 0 saturated carbocycles. The van der Waals surface area contributed by atoms with E-state index in [9.17, 15) is 13.2 Å². The van der Waals surface area contributed by atoms with Gasteiger partial charge in [0.1, 0.15) is 6.54 Å². The molecule has 0 radical (unpaired) electrons. The number of piperidine rings is 1. The zero-order valence-electron chi connectivity index (χ0n) is 14.1. The van der Waals surface area contributed by atoms with Crippen LogP contribution in [0.3, 0.4) is 0 Å². The van der Waals surface area contributed by atoms with E-state index in [2.05, 4.69) is 4.90 Å². The first-order chi connectivity index (χ1) is 11.8. The molecule has 25 heavy (non-hydrogen) atoms. The molecule has 2 fully saturated rings. The Morgan fingerprint density at radius 2 is 1.76 bits per heavy atom. The Bertz CT molecular complexity index is 717. The van der Waals surface area contributed by atoms with Crippen LogP contribution in [0.2, 0.25) is 0 Å². The lowest BCUT2D eigenvalue weighted by molar-refractivity contribution is -0.169. The van der Waals surface area contributed by atoms with E-state index in [-0.39, 0.29) is 4.90 Å². The van der Waals surface area contributed by atoms with Crippen molar-refractivity contribution in [1.29, 1.82) is 0 Å². The monoisotopic (exact) mass is 370 g/mol. The third-order valence-electron chi connectivity index (χ3n) is 4.61. The number of benzene rings is 1. The fourth-order valence-electron chi connectivity index (χ4n) is 3.18. The van der Waals surface area contributed by atoms with E-state index in [1.165, 1.54) is 19.2 Å². The molecule has 1 spiro atoms. The van der Waals surface area contributed by atoms with E-state index in [1.54, 1.807) is 12.1 Å². The van der Waals surface area contributed by atoms with E-state index in [0.29, 0.717) is 13.2 Å². The summed E-state index contributed by atoms with van der Waals surface area (Å²) in [4.78, 5) is 13.0. The Hall–Kier alpha value is -1.68. The molecule has 2 heterocycles. The second-order valence-corrected chi connectivity index (χ2v) is 8.29. The average molecular weight is 370 g/mol. The molecule has 0 aliphatic carbocycles. The Morgan fingerprint density at radius 3 is 2.28 bits per heavy atom. The number of anilines is 1. The highest BCUT2D eigenvalue weighted by molar-refractivity contribution is 7.89. The van der Waals surface area contributed by atoms with Gasteiger partial charge in [-0.15, -0.1) is 0 Å². The minimum atomic E-state index is -3.81. The van der Waals surface area contributed by atoms with Crippen LogP contribution >= 0.6 is 0 Å². The first kappa shape index (κ1) is 18.1. The van der Waals surface area contributed by atoms with Gasteiger partial charge >= 0.3 is 5.97 Å². The van der Waals surface area contributed by atoms with Crippen LogP contribution in [0.4, 0.5) is 5.69 Å². The quantitative estimate of drug-likeness (QED) is 0.816. The number of sulfonamides is 1. The summed E-state index contributed by atoms with van der Waals surface area (Å²) in [6, 6.07) is 6.51. The van der Waals surface area contributed by atoms with Gasteiger partial charge in [-0.3, -0.25) is 4.79 Å². The predicted octanol–water partition coefficient (Wildman–Crippen LogP) is 0.735. The molecule has 138 valence electrons. The summed E-state index contributed by atoms with van der Waals surface area (Å²) in [6.07, 6.45) is 1.54. The molecule has 0 amide bonds. The maximum atomic E-state index is 12.3. The Kier molecular flexibility index (Phi) is 5.01. The largest absolute Gasteiger partial charge is 0.480 e. The molecule has 1 aromatic rings. The predicted molar refractivity (Wildman–Crippen MR) is 90.0 cm³/mol. The fourth-order valence-corrected chi connectivity index (χ4v) is 4.30. The molecular formula is C16H22N2O6S. The normalized spacial score (nSPS) is 20.3. The number of nitrogens with zero attached hydrogens (tertiary/aromatic N) is 2. The lowest BCUT2D eigenvalue weighted by Gasteiger charge is -2.38. The number of carboxylic acid groups (broad SMARTS) is 1. The van der Waals surface area contributed by atoms with Gasteiger partial charge in [0.2, 0.25) is 10.0 Å². The van der Waals surface area contributed by atoms with E-state index in [1.807, 2.05) is 0 Å². The second kappa shape index (κ2) is 6.91. The Balaban J connectivity index is 1.67. The molecule has 2 aliphatic heterocycles. The van der Waals surface area contributed by atoms with Crippen LogP contribution in [0.25, 0.3) is 0 Å². The van der Waals surface area contributed by atoms with Crippen molar-refractivity contribution in [2.24, 2.45) is 0 Å². The van der Waals surface area contributed by atoms with E-state index >= 15 is 0 Å². The number of hydrogen-bond acceptors (Lipinski definition) is 6. The van der Waals surface area contributed by atoms with Crippen LogP contribution in [0.5, 0.6) is 0 Å². The van der Waals surface area contributed by atoms with Crippen LogP contribution in [0.1, 0.15) is 12.8 Å². The van der Waals surface area contributed by atoms with Crippen molar-refractivity contribution < 1.29 is 27.8 Å². The van der Waals surface area contributed by atoms with Gasteiger partial charge < -0.3 is 19.5 Å². The Morgan fingerprint density at radius 1 is 1.20 bits per heavy atom. The lowest BCUT2D eigenvalue weighted by Crippen LogP contribution is -2.45. The first-order valence-corrected chi connectivity index (χ1v) is 9.57. The van der Waals surface area contributed by atoms with Crippen molar-refractivity contribution in [2.75, 3.05) is 44.8 Å². The van der Waals surface area contributed by atoms with E-state index < -0.39 is 28.3 Å². The van der Waals surface area contributed by atoms with Crippen LogP contribution in [-0.4, -0.2) is 69.5 Å². The van der Waals surface area contributed by atoms with Gasteiger partial charge in [0.15, 0.2) is 5.79 Å². The smallest absolute Gasteiger partial charge is 0.318 e. The number of aliphatic carboxylic acids is 1. The van der Waals surface area contributed by atoms with Crippen molar-refractivity contribution in [1.82, 2.24) is 4.31 Å². The third kappa shape index (κ3) is 3.79. The zero-order chi connectivity index (χ0) is 18.1. The highest BCUT2D eigenvalue weighted by Gasteiger charge is 2.39.